The minimum atomic E-state index is -0.738. The van der Waals surface area contributed by atoms with Gasteiger partial charge in [-0.2, -0.15) is 0 Å². The standard InChI is InChI=1S/C32H21ClN4O4/c33-26-18-24(31(38)40-29(27-9-1-3-13-36-27)15-22-7-5-11-34-20-22)17-25(19-26)32(39)41-30(28-10-2-4-14-37-28)16-23-8-6-12-35-21-23/h1-21H. The molecule has 0 saturated heterocycles. The molecule has 0 aliphatic carbocycles. The Morgan fingerprint density at radius 2 is 1.10 bits per heavy atom. The third kappa shape index (κ3) is 7.35. The van der Waals surface area contributed by atoms with E-state index in [9.17, 15) is 9.59 Å². The molecule has 4 heterocycles. The van der Waals surface area contributed by atoms with E-state index in [1.54, 1.807) is 97.9 Å². The average Bonchev–Trinajstić information content (AvgIpc) is 3.02. The summed E-state index contributed by atoms with van der Waals surface area (Å²) in [4.78, 5) is 43.4. The zero-order chi connectivity index (χ0) is 28.4. The zero-order valence-electron chi connectivity index (χ0n) is 21.4. The SMILES string of the molecule is O=C(OC(=Cc1cccnc1)c1ccccn1)c1cc(Cl)cc(C(=O)OC(=Cc2cccnc2)c2ccccn2)c1. The second-order valence-corrected chi connectivity index (χ2v) is 8.96. The van der Waals surface area contributed by atoms with E-state index in [2.05, 4.69) is 19.9 Å². The first kappa shape index (κ1) is 27.1. The number of aromatic nitrogens is 4. The van der Waals surface area contributed by atoms with E-state index in [-0.39, 0.29) is 27.7 Å². The Balaban J connectivity index is 1.43. The number of hydrogen-bond donors (Lipinski definition) is 0. The van der Waals surface area contributed by atoms with Gasteiger partial charge in [0.05, 0.1) is 11.1 Å². The van der Waals surface area contributed by atoms with Crippen molar-refractivity contribution in [2.45, 2.75) is 0 Å². The number of carbonyl (C=O) groups excluding carboxylic acids is 2. The second kappa shape index (κ2) is 13.1. The summed E-state index contributed by atoms with van der Waals surface area (Å²) >= 11 is 6.32. The molecule has 1 aromatic carbocycles. The van der Waals surface area contributed by atoms with Crippen molar-refractivity contribution in [3.05, 3.63) is 155 Å². The summed E-state index contributed by atoms with van der Waals surface area (Å²) < 4.78 is 11.5. The van der Waals surface area contributed by atoms with Crippen LogP contribution in [0.2, 0.25) is 5.02 Å². The maximum Gasteiger partial charge on any atom is 0.343 e. The Morgan fingerprint density at radius 1 is 0.610 bits per heavy atom. The molecule has 0 saturated carbocycles. The molecule has 5 rings (SSSR count). The molecule has 0 fully saturated rings. The number of ether oxygens (including phenoxy) is 2. The van der Waals surface area contributed by atoms with Crippen molar-refractivity contribution in [1.82, 2.24) is 19.9 Å². The van der Waals surface area contributed by atoms with Crippen molar-refractivity contribution in [1.29, 1.82) is 0 Å². The highest BCUT2D eigenvalue weighted by atomic mass is 35.5. The number of nitrogens with zero attached hydrogens (tertiary/aromatic N) is 4. The van der Waals surface area contributed by atoms with Gasteiger partial charge in [0.25, 0.3) is 0 Å². The minimum Gasteiger partial charge on any atom is -0.421 e. The van der Waals surface area contributed by atoms with Crippen LogP contribution in [0.4, 0.5) is 0 Å². The number of halogens is 1. The molecule has 200 valence electrons. The summed E-state index contributed by atoms with van der Waals surface area (Å²) in [5.41, 5.74) is 2.39. The van der Waals surface area contributed by atoms with E-state index >= 15 is 0 Å². The molecule has 0 amide bonds. The van der Waals surface area contributed by atoms with Gasteiger partial charge < -0.3 is 9.47 Å². The van der Waals surface area contributed by atoms with E-state index in [4.69, 9.17) is 21.1 Å². The topological polar surface area (TPSA) is 104 Å². The van der Waals surface area contributed by atoms with Gasteiger partial charge >= 0.3 is 11.9 Å². The molecule has 0 radical (unpaired) electrons. The minimum absolute atomic E-state index is 0.0492. The summed E-state index contributed by atoms with van der Waals surface area (Å²) in [7, 11) is 0. The largest absolute Gasteiger partial charge is 0.421 e. The van der Waals surface area contributed by atoms with Crippen LogP contribution in [0.1, 0.15) is 43.2 Å². The smallest absolute Gasteiger partial charge is 0.343 e. The van der Waals surface area contributed by atoms with Crippen molar-refractivity contribution in [3.8, 4) is 0 Å². The van der Waals surface area contributed by atoms with Crippen molar-refractivity contribution >= 4 is 47.2 Å². The summed E-state index contributed by atoms with van der Waals surface area (Å²) in [6.45, 7) is 0. The lowest BCUT2D eigenvalue weighted by Gasteiger charge is -2.11. The van der Waals surface area contributed by atoms with E-state index in [1.807, 2.05) is 12.1 Å². The molecule has 0 spiro atoms. The van der Waals surface area contributed by atoms with Crippen LogP contribution in [0.5, 0.6) is 0 Å². The van der Waals surface area contributed by atoms with Crippen molar-refractivity contribution < 1.29 is 19.1 Å². The molecule has 0 bridgehead atoms. The van der Waals surface area contributed by atoms with Crippen LogP contribution in [0.25, 0.3) is 23.7 Å². The predicted molar refractivity (Wildman–Crippen MR) is 155 cm³/mol. The molecular formula is C32H21ClN4O4. The van der Waals surface area contributed by atoms with E-state index in [0.717, 1.165) is 0 Å². The van der Waals surface area contributed by atoms with Gasteiger partial charge in [-0.05, 0) is 77.9 Å². The molecule has 0 aliphatic heterocycles. The summed E-state index contributed by atoms with van der Waals surface area (Å²) in [5, 5.41) is 0.151. The third-order valence-corrected chi connectivity index (χ3v) is 5.79. The highest BCUT2D eigenvalue weighted by Gasteiger charge is 2.19. The Hall–Kier alpha value is -5.47. The quantitative estimate of drug-likeness (QED) is 0.154. The maximum atomic E-state index is 13.3. The number of rotatable bonds is 8. The predicted octanol–water partition coefficient (Wildman–Crippen LogP) is 6.63. The van der Waals surface area contributed by atoms with Gasteiger partial charge in [-0.15, -0.1) is 0 Å². The van der Waals surface area contributed by atoms with Crippen LogP contribution in [-0.2, 0) is 9.47 Å². The maximum absolute atomic E-state index is 13.3. The normalized spacial score (nSPS) is 11.5. The number of hydrogen-bond acceptors (Lipinski definition) is 8. The van der Waals surface area contributed by atoms with Crippen LogP contribution in [-0.4, -0.2) is 31.9 Å². The van der Waals surface area contributed by atoms with Crippen LogP contribution in [0, 0.1) is 0 Å². The number of benzene rings is 1. The van der Waals surface area contributed by atoms with Crippen molar-refractivity contribution in [3.63, 3.8) is 0 Å². The molecule has 9 heteroatoms. The molecule has 0 N–H and O–H groups in total. The monoisotopic (exact) mass is 560 g/mol. The molecule has 41 heavy (non-hydrogen) atoms. The molecule has 0 aliphatic rings. The Kier molecular flexibility index (Phi) is 8.63. The van der Waals surface area contributed by atoms with Gasteiger partial charge in [0.1, 0.15) is 11.4 Å². The van der Waals surface area contributed by atoms with Crippen LogP contribution in [0.3, 0.4) is 0 Å². The lowest BCUT2D eigenvalue weighted by Crippen LogP contribution is -2.10. The average molecular weight is 561 g/mol. The lowest BCUT2D eigenvalue weighted by atomic mass is 10.1. The molecule has 5 aromatic rings. The number of pyridine rings is 4. The van der Waals surface area contributed by atoms with Gasteiger partial charge in [0.15, 0.2) is 11.5 Å². The van der Waals surface area contributed by atoms with Crippen LogP contribution in [0.15, 0.2) is 116 Å². The number of carbonyl (C=O) groups is 2. The van der Waals surface area contributed by atoms with Gasteiger partial charge in [0.2, 0.25) is 0 Å². The van der Waals surface area contributed by atoms with Crippen LogP contribution < -0.4 is 0 Å². The van der Waals surface area contributed by atoms with E-state index in [1.165, 1.54) is 18.2 Å². The highest BCUT2D eigenvalue weighted by molar-refractivity contribution is 6.31. The van der Waals surface area contributed by atoms with Gasteiger partial charge in [-0.1, -0.05) is 35.9 Å². The fourth-order valence-electron chi connectivity index (χ4n) is 3.70. The molecule has 0 unspecified atom stereocenters. The summed E-state index contributed by atoms with van der Waals surface area (Å²) in [6.07, 6.45) is 13.0. The Morgan fingerprint density at radius 3 is 1.49 bits per heavy atom. The summed E-state index contributed by atoms with van der Waals surface area (Å²) in [6, 6.07) is 21.8. The Labute approximate surface area is 240 Å². The summed E-state index contributed by atoms with van der Waals surface area (Å²) in [5.74, 6) is -1.08. The van der Waals surface area contributed by atoms with Gasteiger partial charge in [-0.3, -0.25) is 19.9 Å². The fraction of sp³-hybridized carbons (Fsp3) is 0. The lowest BCUT2D eigenvalue weighted by molar-refractivity contribution is 0.0692. The highest BCUT2D eigenvalue weighted by Crippen LogP contribution is 2.24. The van der Waals surface area contributed by atoms with Gasteiger partial charge in [0, 0.05) is 42.2 Å². The van der Waals surface area contributed by atoms with E-state index < -0.39 is 11.9 Å². The first-order chi connectivity index (χ1) is 20.0. The molecule has 8 nitrogen and oxygen atoms in total. The van der Waals surface area contributed by atoms with Crippen molar-refractivity contribution in [2.24, 2.45) is 0 Å². The van der Waals surface area contributed by atoms with Crippen molar-refractivity contribution in [2.75, 3.05) is 0 Å². The van der Waals surface area contributed by atoms with E-state index in [0.29, 0.717) is 22.5 Å². The molecular weight excluding hydrogens is 540 g/mol. The zero-order valence-corrected chi connectivity index (χ0v) is 22.2. The fourth-order valence-corrected chi connectivity index (χ4v) is 3.93. The third-order valence-electron chi connectivity index (χ3n) is 5.57. The van der Waals surface area contributed by atoms with Crippen LogP contribution >= 0.6 is 11.6 Å². The first-order valence-corrected chi connectivity index (χ1v) is 12.7. The molecule has 0 atom stereocenters. The second-order valence-electron chi connectivity index (χ2n) is 8.53. The van der Waals surface area contributed by atoms with Gasteiger partial charge in [-0.25, -0.2) is 9.59 Å². The molecule has 4 aromatic heterocycles. The Bertz CT molecular complexity index is 1590. The first-order valence-electron chi connectivity index (χ1n) is 12.4. The number of esters is 2.